The van der Waals surface area contributed by atoms with Crippen molar-refractivity contribution < 1.29 is 9.59 Å². The van der Waals surface area contributed by atoms with Gasteiger partial charge in [0.15, 0.2) is 6.17 Å². The van der Waals surface area contributed by atoms with Crippen LogP contribution in [-0.4, -0.2) is 28.8 Å². The Labute approximate surface area is 142 Å². The highest BCUT2D eigenvalue weighted by atomic mass is 16.2. The molecule has 0 N–H and O–H groups in total. The zero-order valence-electron chi connectivity index (χ0n) is 14.3. The molecule has 0 aliphatic carbocycles. The third-order valence-corrected chi connectivity index (χ3v) is 4.43. The summed E-state index contributed by atoms with van der Waals surface area (Å²) in [7, 11) is 0. The lowest BCUT2D eigenvalue weighted by atomic mass is 10.1. The summed E-state index contributed by atoms with van der Waals surface area (Å²) in [6, 6.07) is 17.5. The summed E-state index contributed by atoms with van der Waals surface area (Å²) in [5.41, 5.74) is 2.45. The molecule has 0 saturated heterocycles. The fourth-order valence-corrected chi connectivity index (χ4v) is 3.27. The summed E-state index contributed by atoms with van der Waals surface area (Å²) in [5, 5.41) is 0. The number of hydrogen-bond acceptors (Lipinski definition) is 3. The maximum atomic E-state index is 13.0. The van der Waals surface area contributed by atoms with Gasteiger partial charge in [-0.05, 0) is 31.5 Å². The average molecular weight is 322 g/mol. The zero-order valence-corrected chi connectivity index (χ0v) is 14.3. The summed E-state index contributed by atoms with van der Waals surface area (Å²) in [6.07, 6.45) is -0.583. The molecule has 0 aromatic heterocycles. The van der Waals surface area contributed by atoms with Crippen molar-refractivity contribution in [2.24, 2.45) is 0 Å². The summed E-state index contributed by atoms with van der Waals surface area (Å²) >= 11 is 0. The van der Waals surface area contributed by atoms with E-state index in [2.05, 4.69) is 18.7 Å². The number of rotatable bonds is 4. The fourth-order valence-electron chi connectivity index (χ4n) is 3.27. The van der Waals surface area contributed by atoms with Gasteiger partial charge in [-0.3, -0.25) is 19.4 Å². The Hall–Kier alpha value is -2.46. The molecular formula is C20H22N2O2. The van der Waals surface area contributed by atoms with Gasteiger partial charge >= 0.3 is 0 Å². The predicted octanol–water partition coefficient (Wildman–Crippen LogP) is 3.47. The quantitative estimate of drug-likeness (QED) is 0.865. The summed E-state index contributed by atoms with van der Waals surface area (Å²) in [5.74, 6) is -0.123. The zero-order chi connectivity index (χ0) is 17.3. The van der Waals surface area contributed by atoms with E-state index in [1.807, 2.05) is 48.5 Å². The molecule has 2 aromatic carbocycles. The Morgan fingerprint density at radius 2 is 1.71 bits per heavy atom. The standard InChI is InChI=1S/C20H22N2O2/c1-14(2)21(13-16-9-5-4-6-10-16)20-19(24)17-11-7-8-12-18(17)22(20)15(3)23/h4-12,14,20H,13H2,1-3H3. The van der Waals surface area contributed by atoms with Crippen LogP contribution in [0.1, 0.15) is 36.7 Å². The van der Waals surface area contributed by atoms with Crippen LogP contribution >= 0.6 is 0 Å². The molecular weight excluding hydrogens is 300 g/mol. The highest BCUT2D eigenvalue weighted by Gasteiger charge is 2.43. The van der Waals surface area contributed by atoms with Crippen LogP contribution in [0.4, 0.5) is 5.69 Å². The topological polar surface area (TPSA) is 40.6 Å². The van der Waals surface area contributed by atoms with Gasteiger partial charge in [-0.1, -0.05) is 42.5 Å². The van der Waals surface area contributed by atoms with Crippen LogP contribution in [0.25, 0.3) is 0 Å². The molecule has 1 amide bonds. The van der Waals surface area contributed by atoms with Gasteiger partial charge < -0.3 is 0 Å². The van der Waals surface area contributed by atoms with Gasteiger partial charge in [-0.25, -0.2) is 0 Å². The molecule has 1 unspecified atom stereocenters. The lowest BCUT2D eigenvalue weighted by molar-refractivity contribution is -0.117. The molecule has 1 aliphatic rings. The van der Waals surface area contributed by atoms with Crippen molar-refractivity contribution in [2.75, 3.05) is 4.90 Å². The molecule has 0 fully saturated rings. The predicted molar refractivity (Wildman–Crippen MR) is 94.8 cm³/mol. The summed E-state index contributed by atoms with van der Waals surface area (Å²) in [4.78, 5) is 29.0. The van der Waals surface area contributed by atoms with Crippen LogP contribution in [-0.2, 0) is 11.3 Å². The number of hydrogen-bond donors (Lipinski definition) is 0. The maximum Gasteiger partial charge on any atom is 0.225 e. The molecule has 4 nitrogen and oxygen atoms in total. The molecule has 2 aromatic rings. The van der Waals surface area contributed by atoms with E-state index in [0.29, 0.717) is 17.8 Å². The van der Waals surface area contributed by atoms with Crippen LogP contribution in [0.15, 0.2) is 54.6 Å². The minimum atomic E-state index is -0.583. The molecule has 1 aliphatic heterocycles. The van der Waals surface area contributed by atoms with Gasteiger partial charge in [-0.15, -0.1) is 0 Å². The van der Waals surface area contributed by atoms with Gasteiger partial charge in [0.05, 0.1) is 5.69 Å². The van der Waals surface area contributed by atoms with Crippen LogP contribution in [0, 0.1) is 0 Å². The third-order valence-electron chi connectivity index (χ3n) is 4.43. The number of benzene rings is 2. The first kappa shape index (κ1) is 16.4. The fraction of sp³-hybridized carbons (Fsp3) is 0.300. The SMILES string of the molecule is CC(=O)N1c2ccccc2C(=O)C1N(Cc1ccccc1)C(C)C. The Balaban J connectivity index is 2.01. The minimum absolute atomic E-state index is 0.00886. The van der Waals surface area contributed by atoms with Crippen molar-refractivity contribution in [3.8, 4) is 0 Å². The number of Topliss-reactive ketones (excluding diaryl/α,β-unsaturated/α-hetero) is 1. The van der Waals surface area contributed by atoms with Crippen LogP contribution in [0.5, 0.6) is 0 Å². The number of carbonyl (C=O) groups excluding carboxylic acids is 2. The van der Waals surface area contributed by atoms with Crippen molar-refractivity contribution in [2.45, 2.75) is 39.5 Å². The van der Waals surface area contributed by atoms with Gasteiger partial charge in [-0.2, -0.15) is 0 Å². The Bertz CT molecular complexity index is 755. The molecule has 4 heteroatoms. The van der Waals surface area contributed by atoms with Gasteiger partial charge in [0.1, 0.15) is 0 Å². The minimum Gasteiger partial charge on any atom is -0.290 e. The van der Waals surface area contributed by atoms with Crippen molar-refractivity contribution >= 4 is 17.4 Å². The molecule has 0 saturated carbocycles. The number of nitrogens with zero attached hydrogens (tertiary/aromatic N) is 2. The van der Waals surface area contributed by atoms with E-state index in [0.717, 1.165) is 5.56 Å². The number of anilines is 1. The third kappa shape index (κ3) is 2.85. The molecule has 1 heterocycles. The molecule has 0 spiro atoms. The Morgan fingerprint density at radius 1 is 1.08 bits per heavy atom. The van der Waals surface area contributed by atoms with E-state index >= 15 is 0 Å². The molecule has 0 radical (unpaired) electrons. The van der Waals surface area contributed by atoms with Crippen molar-refractivity contribution in [3.63, 3.8) is 0 Å². The highest BCUT2D eigenvalue weighted by Crippen LogP contribution is 2.34. The van der Waals surface area contributed by atoms with Gasteiger partial charge in [0, 0.05) is 25.1 Å². The first-order valence-corrected chi connectivity index (χ1v) is 8.23. The number of fused-ring (bicyclic) bond motifs is 1. The number of para-hydroxylation sites is 1. The maximum absolute atomic E-state index is 13.0. The lowest BCUT2D eigenvalue weighted by Gasteiger charge is -2.36. The highest BCUT2D eigenvalue weighted by molar-refractivity contribution is 6.17. The number of carbonyl (C=O) groups is 2. The monoisotopic (exact) mass is 322 g/mol. The molecule has 1 atom stereocenters. The van der Waals surface area contributed by atoms with Gasteiger partial charge in [0.25, 0.3) is 0 Å². The molecule has 0 bridgehead atoms. The molecule has 124 valence electrons. The first-order valence-electron chi connectivity index (χ1n) is 8.23. The normalized spacial score (nSPS) is 16.8. The van der Waals surface area contributed by atoms with Gasteiger partial charge in [0.2, 0.25) is 11.7 Å². The second-order valence-corrected chi connectivity index (χ2v) is 6.40. The van der Waals surface area contributed by atoms with Crippen molar-refractivity contribution in [3.05, 3.63) is 65.7 Å². The van der Waals surface area contributed by atoms with Crippen LogP contribution in [0.3, 0.4) is 0 Å². The largest absolute Gasteiger partial charge is 0.290 e. The average Bonchev–Trinajstić information content (AvgIpc) is 2.86. The number of amides is 1. The van der Waals surface area contributed by atoms with E-state index in [-0.39, 0.29) is 17.7 Å². The smallest absolute Gasteiger partial charge is 0.225 e. The van der Waals surface area contributed by atoms with E-state index in [9.17, 15) is 9.59 Å². The molecule has 3 rings (SSSR count). The summed E-state index contributed by atoms with van der Waals surface area (Å²) < 4.78 is 0. The van der Waals surface area contributed by atoms with E-state index in [4.69, 9.17) is 0 Å². The lowest BCUT2D eigenvalue weighted by Crippen LogP contribution is -2.53. The number of ketones is 1. The van der Waals surface area contributed by atoms with Crippen LogP contribution < -0.4 is 4.90 Å². The van der Waals surface area contributed by atoms with Crippen molar-refractivity contribution in [1.82, 2.24) is 4.90 Å². The Kier molecular flexibility index (Phi) is 4.49. The molecule has 24 heavy (non-hydrogen) atoms. The Morgan fingerprint density at radius 3 is 2.33 bits per heavy atom. The van der Waals surface area contributed by atoms with E-state index in [1.54, 1.807) is 11.0 Å². The second-order valence-electron chi connectivity index (χ2n) is 6.40. The second kappa shape index (κ2) is 6.57. The van der Waals surface area contributed by atoms with Crippen LogP contribution in [0.2, 0.25) is 0 Å². The van der Waals surface area contributed by atoms with E-state index in [1.165, 1.54) is 6.92 Å². The summed E-state index contributed by atoms with van der Waals surface area (Å²) in [6.45, 7) is 6.24. The van der Waals surface area contributed by atoms with E-state index < -0.39 is 6.17 Å². The van der Waals surface area contributed by atoms with Crippen molar-refractivity contribution in [1.29, 1.82) is 0 Å². The first-order chi connectivity index (χ1) is 11.5.